The van der Waals surface area contributed by atoms with Gasteiger partial charge >= 0.3 is 6.03 Å². The van der Waals surface area contributed by atoms with Crippen LogP contribution in [0.1, 0.15) is 24.8 Å². The number of carbonyl (C=O) groups excluding carboxylic acids is 1. The van der Waals surface area contributed by atoms with Crippen molar-refractivity contribution in [3.63, 3.8) is 0 Å². The molecule has 1 saturated heterocycles. The zero-order valence-electron chi connectivity index (χ0n) is 11.2. The third kappa shape index (κ3) is 2.69. The first-order chi connectivity index (χ1) is 9.75. The first-order valence-electron chi connectivity index (χ1n) is 6.99. The molecule has 0 aromatic heterocycles. The van der Waals surface area contributed by atoms with Crippen LogP contribution in [0.5, 0.6) is 0 Å². The molecule has 0 spiro atoms. The van der Waals surface area contributed by atoms with E-state index in [-0.39, 0.29) is 12.1 Å². The monoisotopic (exact) mass is 290 g/mol. The normalized spacial score (nSPS) is 25.5. The molecule has 2 atom stereocenters. The van der Waals surface area contributed by atoms with Gasteiger partial charge in [-0.1, -0.05) is 49.0 Å². The molecule has 2 amide bonds. The van der Waals surface area contributed by atoms with Crippen molar-refractivity contribution in [2.75, 3.05) is 6.73 Å². The van der Waals surface area contributed by atoms with Crippen molar-refractivity contribution >= 4 is 23.2 Å². The predicted octanol–water partition coefficient (Wildman–Crippen LogP) is 2.68. The lowest BCUT2D eigenvalue weighted by Gasteiger charge is -2.37. The summed E-state index contributed by atoms with van der Waals surface area (Å²) in [5, 5.41) is 2.79. The number of nitrogens with zero attached hydrogens (tertiary/aromatic N) is 1. The highest BCUT2D eigenvalue weighted by Crippen LogP contribution is 2.33. The number of amides is 2. The lowest BCUT2D eigenvalue weighted by molar-refractivity contribution is 0.0135. The number of rotatable bonds is 4. The Morgan fingerprint density at radius 1 is 1.30 bits per heavy atom. The van der Waals surface area contributed by atoms with E-state index < -0.39 is 0 Å². The SMILES string of the molecule is O=C1NC(=S)C2CCCC2N1COCc1ccccc1. The van der Waals surface area contributed by atoms with E-state index in [1.54, 1.807) is 4.90 Å². The first kappa shape index (κ1) is 13.5. The molecule has 3 rings (SSSR count). The average Bonchev–Trinajstić information content (AvgIpc) is 2.93. The van der Waals surface area contributed by atoms with E-state index in [0.29, 0.717) is 24.2 Å². The number of fused-ring (bicyclic) bond motifs is 1. The maximum atomic E-state index is 12.0. The van der Waals surface area contributed by atoms with Crippen LogP contribution in [0.3, 0.4) is 0 Å². The van der Waals surface area contributed by atoms with Crippen LogP contribution in [0, 0.1) is 5.92 Å². The molecule has 2 unspecified atom stereocenters. The standard InChI is InChI=1S/C15H18N2O2S/c18-15-16-14(20)12-7-4-8-13(12)17(15)10-19-9-11-5-2-1-3-6-11/h1-3,5-6,12-13H,4,7-10H2,(H,16,18,20). The van der Waals surface area contributed by atoms with Crippen molar-refractivity contribution in [1.29, 1.82) is 0 Å². The molecule has 2 aliphatic rings. The minimum atomic E-state index is -0.119. The molecule has 0 radical (unpaired) electrons. The molecular weight excluding hydrogens is 272 g/mol. The van der Waals surface area contributed by atoms with E-state index in [1.807, 2.05) is 30.3 Å². The Morgan fingerprint density at radius 3 is 2.90 bits per heavy atom. The summed E-state index contributed by atoms with van der Waals surface area (Å²) < 4.78 is 5.69. The van der Waals surface area contributed by atoms with Crippen LogP contribution in [0.4, 0.5) is 4.79 Å². The van der Waals surface area contributed by atoms with E-state index in [2.05, 4.69) is 5.32 Å². The Morgan fingerprint density at radius 2 is 2.10 bits per heavy atom. The van der Waals surface area contributed by atoms with Gasteiger partial charge in [-0.05, 0) is 18.4 Å². The molecule has 2 fully saturated rings. The summed E-state index contributed by atoms with van der Waals surface area (Å²) in [5.74, 6) is 0.308. The summed E-state index contributed by atoms with van der Waals surface area (Å²) in [4.78, 5) is 14.5. The maximum absolute atomic E-state index is 12.0. The van der Waals surface area contributed by atoms with Crippen LogP contribution in [0.15, 0.2) is 30.3 Å². The summed E-state index contributed by atoms with van der Waals surface area (Å²) in [5.41, 5.74) is 1.11. The van der Waals surface area contributed by atoms with Gasteiger partial charge in [0, 0.05) is 12.0 Å². The molecule has 1 aromatic carbocycles. The van der Waals surface area contributed by atoms with Crippen molar-refractivity contribution in [2.24, 2.45) is 5.92 Å². The van der Waals surface area contributed by atoms with E-state index in [0.717, 1.165) is 24.8 Å². The van der Waals surface area contributed by atoms with Crippen LogP contribution in [0.2, 0.25) is 0 Å². The van der Waals surface area contributed by atoms with Gasteiger partial charge in [0.25, 0.3) is 0 Å². The fraction of sp³-hybridized carbons (Fsp3) is 0.467. The molecular formula is C15H18N2O2S. The van der Waals surface area contributed by atoms with Crippen molar-refractivity contribution in [1.82, 2.24) is 10.2 Å². The van der Waals surface area contributed by atoms with Gasteiger partial charge in [0.2, 0.25) is 0 Å². The van der Waals surface area contributed by atoms with Crippen molar-refractivity contribution < 1.29 is 9.53 Å². The van der Waals surface area contributed by atoms with Crippen LogP contribution < -0.4 is 5.32 Å². The largest absolute Gasteiger partial charge is 0.356 e. The maximum Gasteiger partial charge on any atom is 0.324 e. The molecule has 1 aliphatic carbocycles. The van der Waals surface area contributed by atoms with Gasteiger partial charge in [-0.25, -0.2) is 4.79 Å². The van der Waals surface area contributed by atoms with E-state index >= 15 is 0 Å². The zero-order chi connectivity index (χ0) is 13.9. The Kier molecular flexibility index (Phi) is 3.98. The average molecular weight is 290 g/mol. The van der Waals surface area contributed by atoms with Crippen LogP contribution >= 0.6 is 12.2 Å². The third-order valence-corrected chi connectivity index (χ3v) is 4.45. The molecule has 5 heteroatoms. The molecule has 1 heterocycles. The summed E-state index contributed by atoms with van der Waals surface area (Å²) in [6.07, 6.45) is 3.21. The van der Waals surface area contributed by atoms with E-state index in [9.17, 15) is 4.79 Å². The summed E-state index contributed by atoms with van der Waals surface area (Å²) in [6, 6.07) is 10.1. The number of benzene rings is 1. The molecule has 106 valence electrons. The minimum absolute atomic E-state index is 0.119. The second-order valence-electron chi connectivity index (χ2n) is 5.33. The molecule has 0 bridgehead atoms. The van der Waals surface area contributed by atoms with Gasteiger partial charge in [0.05, 0.1) is 11.6 Å². The van der Waals surface area contributed by atoms with Gasteiger partial charge in [0.15, 0.2) is 0 Å². The highest BCUT2D eigenvalue weighted by molar-refractivity contribution is 7.80. The van der Waals surface area contributed by atoms with Gasteiger partial charge in [0.1, 0.15) is 6.73 Å². The van der Waals surface area contributed by atoms with Crippen molar-refractivity contribution in [3.05, 3.63) is 35.9 Å². The van der Waals surface area contributed by atoms with Gasteiger partial charge in [-0.15, -0.1) is 0 Å². The quantitative estimate of drug-likeness (QED) is 0.867. The third-order valence-electron chi connectivity index (χ3n) is 4.05. The highest BCUT2D eigenvalue weighted by Gasteiger charge is 2.41. The van der Waals surface area contributed by atoms with Crippen molar-refractivity contribution in [3.8, 4) is 0 Å². The number of hydrogen-bond donors (Lipinski definition) is 1. The fourth-order valence-electron chi connectivity index (χ4n) is 3.03. The van der Waals surface area contributed by atoms with Crippen molar-refractivity contribution in [2.45, 2.75) is 31.9 Å². The smallest absolute Gasteiger partial charge is 0.324 e. The molecule has 1 N–H and O–H groups in total. The predicted molar refractivity (Wildman–Crippen MR) is 80.2 cm³/mol. The van der Waals surface area contributed by atoms with Crippen LogP contribution in [-0.2, 0) is 11.3 Å². The van der Waals surface area contributed by atoms with Gasteiger partial charge < -0.3 is 10.1 Å². The van der Waals surface area contributed by atoms with Gasteiger partial charge in [-0.3, -0.25) is 4.90 Å². The number of nitrogens with one attached hydrogen (secondary N) is 1. The number of carbonyl (C=O) groups is 1. The second kappa shape index (κ2) is 5.89. The van der Waals surface area contributed by atoms with Gasteiger partial charge in [-0.2, -0.15) is 0 Å². The molecule has 1 aliphatic heterocycles. The topological polar surface area (TPSA) is 41.6 Å². The Hall–Kier alpha value is -1.46. The molecule has 1 aromatic rings. The lowest BCUT2D eigenvalue weighted by Crippen LogP contribution is -2.58. The van der Waals surface area contributed by atoms with Crippen LogP contribution in [-0.4, -0.2) is 28.7 Å². The zero-order valence-corrected chi connectivity index (χ0v) is 12.1. The molecule has 4 nitrogen and oxygen atoms in total. The Balaban J connectivity index is 1.59. The second-order valence-corrected chi connectivity index (χ2v) is 5.77. The highest BCUT2D eigenvalue weighted by atomic mass is 32.1. The summed E-state index contributed by atoms with van der Waals surface area (Å²) >= 11 is 5.26. The number of hydrogen-bond acceptors (Lipinski definition) is 3. The molecule has 1 saturated carbocycles. The van der Waals surface area contributed by atoms with Crippen LogP contribution in [0.25, 0.3) is 0 Å². The number of thiocarbonyl (C=S) groups is 1. The Bertz CT molecular complexity index is 506. The summed E-state index contributed by atoms with van der Waals surface area (Å²) in [7, 11) is 0. The van der Waals surface area contributed by atoms with E-state index in [1.165, 1.54) is 0 Å². The Labute approximate surface area is 124 Å². The lowest BCUT2D eigenvalue weighted by atomic mass is 10.0. The fourth-order valence-corrected chi connectivity index (χ4v) is 3.39. The number of urea groups is 1. The summed E-state index contributed by atoms with van der Waals surface area (Å²) in [6.45, 7) is 0.844. The minimum Gasteiger partial charge on any atom is -0.356 e. The number of ether oxygens (including phenoxy) is 1. The molecule has 20 heavy (non-hydrogen) atoms. The first-order valence-corrected chi connectivity index (χ1v) is 7.39. The van der Waals surface area contributed by atoms with E-state index in [4.69, 9.17) is 17.0 Å².